The Morgan fingerprint density at radius 1 is 1.23 bits per heavy atom. The Morgan fingerprint density at radius 2 is 2.05 bits per heavy atom. The normalized spacial score (nSPS) is 13.6. The van der Waals surface area contributed by atoms with Crippen LogP contribution in [-0.2, 0) is 6.42 Å². The number of carbonyl (C=O) groups is 1. The molecule has 0 saturated carbocycles. The van der Waals surface area contributed by atoms with Crippen LogP contribution < -0.4 is 4.90 Å². The minimum Gasteiger partial charge on any atom is -0.331 e. The van der Waals surface area contributed by atoms with Crippen LogP contribution in [0.5, 0.6) is 0 Å². The molecule has 1 aliphatic rings. The zero-order chi connectivity index (χ0) is 15.3. The molecule has 1 aromatic heterocycles. The Morgan fingerprint density at radius 3 is 2.91 bits per heavy atom. The van der Waals surface area contributed by atoms with E-state index in [-0.39, 0.29) is 5.91 Å². The highest BCUT2D eigenvalue weighted by atomic mass is 32.1. The lowest BCUT2D eigenvalue weighted by atomic mass is 10.1. The number of fused-ring (bicyclic) bond motifs is 2. The second kappa shape index (κ2) is 4.78. The van der Waals surface area contributed by atoms with Crippen molar-refractivity contribution in [3.8, 4) is 0 Å². The van der Waals surface area contributed by atoms with Gasteiger partial charge in [0.1, 0.15) is 5.82 Å². The summed E-state index contributed by atoms with van der Waals surface area (Å²) < 4.78 is 14.2. The Balaban J connectivity index is 1.86. The summed E-state index contributed by atoms with van der Waals surface area (Å²) in [6, 6.07) is 10.4. The summed E-state index contributed by atoms with van der Waals surface area (Å²) in [6.07, 6.45) is 0.809. The summed E-state index contributed by atoms with van der Waals surface area (Å²) in [5, 5.41) is 0. The van der Waals surface area contributed by atoms with Crippen molar-refractivity contribution in [1.82, 2.24) is 9.97 Å². The van der Waals surface area contributed by atoms with Gasteiger partial charge in [0, 0.05) is 12.2 Å². The van der Waals surface area contributed by atoms with Crippen LogP contribution in [0.25, 0.3) is 11.0 Å². The maximum absolute atomic E-state index is 13.8. The van der Waals surface area contributed by atoms with E-state index < -0.39 is 5.82 Å². The molecule has 4 rings (SSSR count). The third-order valence-corrected chi connectivity index (χ3v) is 4.16. The zero-order valence-electron chi connectivity index (χ0n) is 11.5. The van der Waals surface area contributed by atoms with E-state index in [0.717, 1.165) is 17.7 Å². The number of anilines is 1. The predicted octanol–water partition coefficient (Wildman–Crippen LogP) is 3.57. The molecule has 0 unspecified atom stereocenters. The average molecular weight is 313 g/mol. The number of hydrogen-bond donors (Lipinski definition) is 2. The fraction of sp³-hybridized carbons (Fsp3) is 0.125. The fourth-order valence-electron chi connectivity index (χ4n) is 2.97. The van der Waals surface area contributed by atoms with E-state index in [9.17, 15) is 9.18 Å². The lowest BCUT2D eigenvalue weighted by molar-refractivity contribution is 0.0990. The third kappa shape index (κ3) is 1.95. The summed E-state index contributed by atoms with van der Waals surface area (Å²) >= 11 is 5.04. The molecule has 2 heterocycles. The van der Waals surface area contributed by atoms with E-state index in [4.69, 9.17) is 12.2 Å². The lowest BCUT2D eigenvalue weighted by Crippen LogP contribution is -2.29. The molecule has 6 heteroatoms. The Hall–Kier alpha value is -2.47. The van der Waals surface area contributed by atoms with Crippen molar-refractivity contribution >= 4 is 34.8 Å². The number of aromatic nitrogens is 2. The molecule has 0 fully saturated rings. The highest BCUT2D eigenvalue weighted by Gasteiger charge is 2.27. The number of H-pyrrole nitrogens is 2. The van der Waals surface area contributed by atoms with Crippen molar-refractivity contribution in [2.45, 2.75) is 6.42 Å². The predicted molar refractivity (Wildman–Crippen MR) is 85.3 cm³/mol. The maximum Gasteiger partial charge on any atom is 0.260 e. The molecule has 4 nitrogen and oxygen atoms in total. The molecule has 1 amide bonds. The molecule has 110 valence electrons. The monoisotopic (exact) mass is 313 g/mol. The first-order valence-electron chi connectivity index (χ1n) is 6.95. The van der Waals surface area contributed by atoms with Crippen molar-refractivity contribution in [2.24, 2.45) is 0 Å². The second-order valence-electron chi connectivity index (χ2n) is 5.29. The average Bonchev–Trinajstić information content (AvgIpc) is 3.08. The van der Waals surface area contributed by atoms with Crippen molar-refractivity contribution in [3.05, 3.63) is 58.1 Å². The minimum atomic E-state index is -0.464. The van der Waals surface area contributed by atoms with Crippen LogP contribution in [0.3, 0.4) is 0 Å². The second-order valence-corrected chi connectivity index (χ2v) is 5.70. The van der Waals surface area contributed by atoms with Crippen LogP contribution in [0.2, 0.25) is 0 Å². The Kier molecular flexibility index (Phi) is 2.87. The van der Waals surface area contributed by atoms with E-state index in [1.54, 1.807) is 4.90 Å². The van der Waals surface area contributed by atoms with E-state index in [1.807, 2.05) is 24.3 Å². The van der Waals surface area contributed by atoms with Gasteiger partial charge in [0.15, 0.2) is 4.77 Å². The van der Waals surface area contributed by atoms with Crippen molar-refractivity contribution in [3.63, 3.8) is 0 Å². The van der Waals surface area contributed by atoms with Gasteiger partial charge >= 0.3 is 0 Å². The summed E-state index contributed by atoms with van der Waals surface area (Å²) in [4.78, 5) is 20.3. The molecule has 2 N–H and O–H groups in total. The smallest absolute Gasteiger partial charge is 0.260 e. The van der Waals surface area contributed by atoms with Crippen LogP contribution >= 0.6 is 12.2 Å². The Bertz CT molecular complexity index is 959. The molecule has 0 radical (unpaired) electrons. The zero-order valence-corrected chi connectivity index (χ0v) is 12.3. The quantitative estimate of drug-likeness (QED) is 0.675. The molecule has 1 aliphatic heterocycles. The third-order valence-electron chi connectivity index (χ3n) is 3.95. The first-order valence-corrected chi connectivity index (χ1v) is 7.35. The van der Waals surface area contributed by atoms with E-state index in [2.05, 4.69) is 9.97 Å². The number of amides is 1. The van der Waals surface area contributed by atoms with Crippen LogP contribution in [0.4, 0.5) is 10.1 Å². The molecule has 0 aliphatic carbocycles. The summed E-state index contributed by atoms with van der Waals surface area (Å²) in [5.41, 5.74) is 3.35. The molecule has 22 heavy (non-hydrogen) atoms. The van der Waals surface area contributed by atoms with Crippen molar-refractivity contribution in [1.29, 1.82) is 0 Å². The van der Waals surface area contributed by atoms with E-state index >= 15 is 0 Å². The van der Waals surface area contributed by atoms with Gasteiger partial charge < -0.3 is 14.9 Å². The van der Waals surface area contributed by atoms with E-state index in [1.165, 1.54) is 12.1 Å². The van der Waals surface area contributed by atoms with E-state index in [0.29, 0.717) is 27.9 Å². The van der Waals surface area contributed by atoms with Gasteiger partial charge in [-0.25, -0.2) is 4.39 Å². The van der Waals surface area contributed by atoms with Crippen molar-refractivity contribution in [2.75, 3.05) is 11.4 Å². The highest BCUT2D eigenvalue weighted by Crippen LogP contribution is 2.30. The van der Waals surface area contributed by atoms with Gasteiger partial charge in [-0.2, -0.15) is 0 Å². The van der Waals surface area contributed by atoms with Gasteiger partial charge in [0.05, 0.1) is 16.6 Å². The summed E-state index contributed by atoms with van der Waals surface area (Å²) in [6.45, 7) is 0.599. The molecular formula is C16H12FN3OS. The number of para-hydroxylation sites is 1. The lowest BCUT2D eigenvalue weighted by Gasteiger charge is -2.17. The number of carbonyl (C=O) groups excluding carboxylic acids is 1. The van der Waals surface area contributed by atoms with Gasteiger partial charge in [-0.15, -0.1) is 0 Å². The molecule has 2 aromatic carbocycles. The Labute approximate surface area is 130 Å². The summed E-state index contributed by atoms with van der Waals surface area (Å²) in [5.74, 6) is -0.687. The first-order chi connectivity index (χ1) is 10.6. The molecular weight excluding hydrogens is 301 g/mol. The molecule has 0 spiro atoms. The number of nitrogens with zero attached hydrogens (tertiary/aromatic N) is 1. The SMILES string of the molecule is O=C(c1cc(F)cc2[nH]c(=S)[nH]c12)N1CCc2ccccc21. The maximum atomic E-state index is 13.8. The van der Waals surface area contributed by atoms with Gasteiger partial charge in [-0.05, 0) is 42.4 Å². The largest absolute Gasteiger partial charge is 0.331 e. The minimum absolute atomic E-state index is 0.222. The van der Waals surface area contributed by atoms with Gasteiger partial charge in [-0.3, -0.25) is 4.79 Å². The number of halogens is 1. The summed E-state index contributed by atoms with van der Waals surface area (Å²) in [7, 11) is 0. The molecule has 0 bridgehead atoms. The van der Waals surface area contributed by atoms with Crippen LogP contribution in [0.15, 0.2) is 36.4 Å². The fourth-order valence-corrected chi connectivity index (χ4v) is 3.18. The number of aromatic amines is 2. The first kappa shape index (κ1) is 13.2. The standard InChI is InChI=1S/C16H12FN3OS/c17-10-7-11(14-12(8-10)18-16(22)19-14)15(21)20-6-5-9-3-1-2-4-13(9)20/h1-4,7-8H,5-6H2,(H2,18,19,22). The number of nitrogens with one attached hydrogen (secondary N) is 2. The van der Waals surface area contributed by atoms with Gasteiger partial charge in [0.25, 0.3) is 5.91 Å². The number of benzene rings is 2. The number of hydrogen-bond acceptors (Lipinski definition) is 2. The highest BCUT2D eigenvalue weighted by molar-refractivity contribution is 7.71. The van der Waals surface area contributed by atoms with Crippen LogP contribution in [0, 0.1) is 10.6 Å². The number of rotatable bonds is 1. The molecule has 0 saturated heterocycles. The van der Waals surface area contributed by atoms with Gasteiger partial charge in [-0.1, -0.05) is 18.2 Å². The van der Waals surface area contributed by atoms with Gasteiger partial charge in [0.2, 0.25) is 0 Å². The van der Waals surface area contributed by atoms with Crippen LogP contribution in [0.1, 0.15) is 15.9 Å². The molecule has 0 atom stereocenters. The molecule has 3 aromatic rings. The number of imidazole rings is 1. The van der Waals surface area contributed by atoms with Crippen LogP contribution in [-0.4, -0.2) is 22.4 Å². The topological polar surface area (TPSA) is 51.9 Å². The van der Waals surface area contributed by atoms with Crippen molar-refractivity contribution < 1.29 is 9.18 Å².